The number of hydrogen-bond donors (Lipinski definition) is 2. The van der Waals surface area contributed by atoms with Crippen molar-refractivity contribution < 1.29 is 19.4 Å². The summed E-state index contributed by atoms with van der Waals surface area (Å²) in [6.07, 6.45) is 1.68. The quantitative estimate of drug-likeness (QED) is 0.666. The van der Waals surface area contributed by atoms with Crippen LogP contribution >= 0.6 is 0 Å². The summed E-state index contributed by atoms with van der Waals surface area (Å²) in [7, 11) is 1.27. The second-order valence-corrected chi connectivity index (χ2v) is 3.36. The Kier molecular flexibility index (Phi) is 4.58. The van der Waals surface area contributed by atoms with Crippen LogP contribution in [0.25, 0.3) is 0 Å². The third-order valence-electron chi connectivity index (χ3n) is 2.23. The van der Waals surface area contributed by atoms with Gasteiger partial charge < -0.3 is 15.2 Å². The third kappa shape index (κ3) is 3.52. The summed E-state index contributed by atoms with van der Waals surface area (Å²) in [5.41, 5.74) is 0. The molecule has 1 amide bonds. The highest BCUT2D eigenvalue weighted by molar-refractivity contribution is 5.81. The molecule has 1 aromatic rings. The van der Waals surface area contributed by atoms with Crippen molar-refractivity contribution in [3.8, 4) is 0 Å². The largest absolute Gasteiger partial charge is 0.479 e. The first-order valence-electron chi connectivity index (χ1n) is 4.93. The average molecular weight is 242 g/mol. The van der Waals surface area contributed by atoms with E-state index >= 15 is 0 Å². The molecule has 8 nitrogen and oxygen atoms in total. The number of carboxylic acids is 1. The SMILES string of the molecule is COC(CNC(=O)C(C)n1cncn1)C(=O)O. The molecule has 2 atom stereocenters. The maximum Gasteiger partial charge on any atom is 0.334 e. The van der Waals surface area contributed by atoms with Crippen LogP contribution in [-0.2, 0) is 14.3 Å². The van der Waals surface area contributed by atoms with Crippen molar-refractivity contribution in [3.63, 3.8) is 0 Å². The Bertz CT molecular complexity index is 378. The number of carbonyl (C=O) groups excluding carboxylic acids is 1. The number of aromatic nitrogens is 3. The van der Waals surface area contributed by atoms with Gasteiger partial charge in [-0.05, 0) is 6.92 Å². The highest BCUT2D eigenvalue weighted by Gasteiger charge is 2.20. The van der Waals surface area contributed by atoms with Gasteiger partial charge in [0.05, 0.1) is 6.54 Å². The van der Waals surface area contributed by atoms with Gasteiger partial charge in [-0.2, -0.15) is 5.10 Å². The van der Waals surface area contributed by atoms with E-state index in [0.717, 1.165) is 0 Å². The second-order valence-electron chi connectivity index (χ2n) is 3.36. The number of hydrogen-bond acceptors (Lipinski definition) is 5. The Hall–Kier alpha value is -1.96. The van der Waals surface area contributed by atoms with E-state index in [1.165, 1.54) is 24.4 Å². The summed E-state index contributed by atoms with van der Waals surface area (Å²) < 4.78 is 6.06. The molecular formula is C9H14N4O4. The molecule has 0 spiro atoms. The molecule has 8 heteroatoms. The average Bonchev–Trinajstić information content (AvgIpc) is 2.81. The zero-order valence-electron chi connectivity index (χ0n) is 9.53. The lowest BCUT2D eigenvalue weighted by Crippen LogP contribution is -2.40. The number of nitrogens with one attached hydrogen (secondary N) is 1. The van der Waals surface area contributed by atoms with Crippen molar-refractivity contribution in [1.29, 1.82) is 0 Å². The lowest BCUT2D eigenvalue weighted by Gasteiger charge is -2.15. The highest BCUT2D eigenvalue weighted by atomic mass is 16.5. The number of methoxy groups -OCH3 is 1. The molecule has 2 N–H and O–H groups in total. The number of rotatable bonds is 6. The van der Waals surface area contributed by atoms with Gasteiger partial charge in [-0.1, -0.05) is 0 Å². The fourth-order valence-corrected chi connectivity index (χ4v) is 1.15. The first-order valence-corrected chi connectivity index (χ1v) is 4.93. The van der Waals surface area contributed by atoms with Gasteiger partial charge in [0, 0.05) is 7.11 Å². The van der Waals surface area contributed by atoms with Crippen molar-refractivity contribution in [2.45, 2.75) is 19.1 Å². The predicted octanol–water partition coefficient (Wildman–Crippen LogP) is -0.945. The fourth-order valence-electron chi connectivity index (χ4n) is 1.15. The van der Waals surface area contributed by atoms with Crippen LogP contribution in [0.4, 0.5) is 0 Å². The number of carbonyl (C=O) groups is 2. The topological polar surface area (TPSA) is 106 Å². The van der Waals surface area contributed by atoms with E-state index < -0.39 is 18.1 Å². The van der Waals surface area contributed by atoms with Gasteiger partial charge in [0.15, 0.2) is 6.10 Å². The van der Waals surface area contributed by atoms with E-state index in [0.29, 0.717) is 0 Å². The predicted molar refractivity (Wildman–Crippen MR) is 56.2 cm³/mol. The van der Waals surface area contributed by atoms with Gasteiger partial charge in [-0.15, -0.1) is 0 Å². The summed E-state index contributed by atoms with van der Waals surface area (Å²) in [5.74, 6) is -1.47. The van der Waals surface area contributed by atoms with Crippen molar-refractivity contribution in [1.82, 2.24) is 20.1 Å². The summed E-state index contributed by atoms with van der Waals surface area (Å²) in [6.45, 7) is 1.54. The van der Waals surface area contributed by atoms with Gasteiger partial charge in [-0.25, -0.2) is 14.5 Å². The number of nitrogens with zero attached hydrogens (tertiary/aromatic N) is 3. The fraction of sp³-hybridized carbons (Fsp3) is 0.556. The van der Waals surface area contributed by atoms with Crippen molar-refractivity contribution in [2.75, 3.05) is 13.7 Å². The minimum Gasteiger partial charge on any atom is -0.479 e. The molecule has 17 heavy (non-hydrogen) atoms. The van der Waals surface area contributed by atoms with Crippen LogP contribution in [0.1, 0.15) is 13.0 Å². The van der Waals surface area contributed by atoms with E-state index in [1.807, 2.05) is 0 Å². The molecule has 0 fully saturated rings. The normalized spacial score (nSPS) is 14.0. The molecule has 0 aliphatic heterocycles. The van der Waals surface area contributed by atoms with Crippen molar-refractivity contribution in [3.05, 3.63) is 12.7 Å². The molecule has 1 rings (SSSR count). The van der Waals surface area contributed by atoms with Gasteiger partial charge in [0.25, 0.3) is 0 Å². The first-order chi connectivity index (χ1) is 8.06. The minimum absolute atomic E-state index is 0.0935. The van der Waals surface area contributed by atoms with Crippen LogP contribution in [0.15, 0.2) is 12.7 Å². The molecule has 0 saturated heterocycles. The summed E-state index contributed by atoms with van der Waals surface area (Å²) in [5, 5.41) is 15.0. The number of amides is 1. The number of ether oxygens (including phenoxy) is 1. The lowest BCUT2D eigenvalue weighted by molar-refractivity contribution is -0.148. The van der Waals surface area contributed by atoms with Gasteiger partial charge >= 0.3 is 5.97 Å². The zero-order chi connectivity index (χ0) is 12.8. The van der Waals surface area contributed by atoms with Crippen LogP contribution in [0.2, 0.25) is 0 Å². The van der Waals surface area contributed by atoms with E-state index in [1.54, 1.807) is 6.92 Å². The van der Waals surface area contributed by atoms with Gasteiger partial charge in [-0.3, -0.25) is 4.79 Å². The second kappa shape index (κ2) is 5.94. The van der Waals surface area contributed by atoms with Crippen LogP contribution in [0, 0.1) is 0 Å². The molecule has 1 heterocycles. The molecule has 0 saturated carbocycles. The van der Waals surface area contributed by atoms with Crippen molar-refractivity contribution in [2.24, 2.45) is 0 Å². The van der Waals surface area contributed by atoms with E-state index in [9.17, 15) is 9.59 Å². The van der Waals surface area contributed by atoms with Gasteiger partial charge in [0.2, 0.25) is 5.91 Å². The molecule has 0 aliphatic carbocycles. The van der Waals surface area contributed by atoms with Crippen LogP contribution in [-0.4, -0.2) is 51.5 Å². The summed E-state index contributed by atoms with van der Waals surface area (Å²) in [6, 6.07) is -0.552. The summed E-state index contributed by atoms with van der Waals surface area (Å²) in [4.78, 5) is 26.0. The molecule has 0 aliphatic rings. The molecule has 2 unspecified atom stereocenters. The maximum absolute atomic E-state index is 11.6. The minimum atomic E-state index is -1.12. The Morgan fingerprint density at radius 2 is 2.29 bits per heavy atom. The Balaban J connectivity index is 2.47. The Morgan fingerprint density at radius 1 is 1.59 bits per heavy atom. The maximum atomic E-state index is 11.6. The molecule has 94 valence electrons. The number of carboxylic acid groups (broad SMARTS) is 1. The zero-order valence-corrected chi connectivity index (χ0v) is 9.53. The smallest absolute Gasteiger partial charge is 0.334 e. The highest BCUT2D eigenvalue weighted by Crippen LogP contribution is 2.01. The van der Waals surface area contributed by atoms with E-state index in [2.05, 4.69) is 20.1 Å². The third-order valence-corrected chi connectivity index (χ3v) is 2.23. The first kappa shape index (κ1) is 13.1. The van der Waals surface area contributed by atoms with E-state index in [4.69, 9.17) is 5.11 Å². The lowest BCUT2D eigenvalue weighted by atomic mass is 10.3. The molecule has 1 aromatic heterocycles. The Labute approximate surface area is 97.6 Å². The standard InChI is InChI=1S/C9H14N4O4/c1-6(13-5-10-4-12-13)8(14)11-3-7(17-2)9(15)16/h4-7H,3H2,1-2H3,(H,11,14)(H,15,16). The van der Waals surface area contributed by atoms with Crippen LogP contribution in [0.5, 0.6) is 0 Å². The van der Waals surface area contributed by atoms with Crippen LogP contribution in [0.3, 0.4) is 0 Å². The Morgan fingerprint density at radius 3 is 2.76 bits per heavy atom. The van der Waals surface area contributed by atoms with Crippen molar-refractivity contribution >= 4 is 11.9 Å². The molecule has 0 radical (unpaired) electrons. The van der Waals surface area contributed by atoms with E-state index in [-0.39, 0.29) is 12.5 Å². The monoisotopic (exact) mass is 242 g/mol. The molecule has 0 bridgehead atoms. The van der Waals surface area contributed by atoms with Gasteiger partial charge in [0.1, 0.15) is 18.7 Å². The van der Waals surface area contributed by atoms with Crippen LogP contribution < -0.4 is 5.32 Å². The molecular weight excluding hydrogens is 228 g/mol. The number of aliphatic carboxylic acids is 1. The summed E-state index contributed by atoms with van der Waals surface area (Å²) >= 11 is 0. The molecule has 0 aromatic carbocycles.